The first-order valence-corrected chi connectivity index (χ1v) is 9.94. The van der Waals surface area contributed by atoms with E-state index in [2.05, 4.69) is 5.32 Å². The first-order chi connectivity index (χ1) is 13.1. The number of nitrogens with zero attached hydrogens (tertiary/aromatic N) is 2. The van der Waals surface area contributed by atoms with Gasteiger partial charge < -0.3 is 10.1 Å². The molecule has 0 aliphatic carbocycles. The Kier molecular flexibility index (Phi) is 6.98. The van der Waals surface area contributed by atoms with Gasteiger partial charge in [-0.05, 0) is 48.9 Å². The summed E-state index contributed by atoms with van der Waals surface area (Å²) in [6.45, 7) is 1.36. The number of nitrogens with one attached hydrogen (secondary N) is 1. The summed E-state index contributed by atoms with van der Waals surface area (Å²) in [6.07, 6.45) is 0. The molecule has 2 aromatic carbocycles. The Morgan fingerprint density at radius 1 is 1.11 bits per heavy atom. The van der Waals surface area contributed by atoms with Crippen LogP contribution in [-0.4, -0.2) is 46.4 Å². The van der Waals surface area contributed by atoms with Crippen molar-refractivity contribution in [2.45, 2.75) is 13.0 Å². The second kappa shape index (κ2) is 9.03. The Hall–Kier alpha value is -2.65. The third kappa shape index (κ3) is 5.20. The minimum Gasteiger partial charge on any atom is -0.497 e. The van der Waals surface area contributed by atoms with Crippen LogP contribution in [0.25, 0.3) is 0 Å². The van der Waals surface area contributed by atoms with Crippen molar-refractivity contribution in [2.75, 3.05) is 32.1 Å². The number of rotatable bonds is 8. The van der Waals surface area contributed by atoms with Gasteiger partial charge in [-0.25, -0.2) is 8.70 Å². The molecule has 7 nitrogen and oxygen atoms in total. The molecule has 0 saturated carbocycles. The van der Waals surface area contributed by atoms with Crippen LogP contribution in [0.4, 0.5) is 10.1 Å². The lowest BCUT2D eigenvalue weighted by atomic mass is 10.1. The minimum absolute atomic E-state index is 0.197. The van der Waals surface area contributed by atoms with E-state index in [-0.39, 0.29) is 11.7 Å². The van der Waals surface area contributed by atoms with Gasteiger partial charge in [-0.2, -0.15) is 12.7 Å². The Labute approximate surface area is 164 Å². The first-order valence-electron chi connectivity index (χ1n) is 8.54. The summed E-state index contributed by atoms with van der Waals surface area (Å²) < 4.78 is 45.5. The van der Waals surface area contributed by atoms with Crippen LogP contribution < -0.4 is 14.4 Å². The summed E-state index contributed by atoms with van der Waals surface area (Å²) in [5, 5.41) is 2.78. The van der Waals surface area contributed by atoms with Crippen molar-refractivity contribution >= 4 is 21.8 Å². The Bertz CT molecular complexity index is 900. The topological polar surface area (TPSA) is 79.0 Å². The third-order valence-corrected chi connectivity index (χ3v) is 5.95. The summed E-state index contributed by atoms with van der Waals surface area (Å²) in [5.41, 5.74) is 1.04. The third-order valence-electron chi connectivity index (χ3n) is 4.14. The smallest absolute Gasteiger partial charge is 0.304 e. The van der Waals surface area contributed by atoms with Gasteiger partial charge in [0.2, 0.25) is 5.91 Å². The summed E-state index contributed by atoms with van der Waals surface area (Å²) in [4.78, 5) is 12.5. The molecule has 1 N–H and O–H groups in total. The normalized spacial score (nSPS) is 12.5. The van der Waals surface area contributed by atoms with Crippen molar-refractivity contribution in [1.82, 2.24) is 9.62 Å². The second-order valence-corrected chi connectivity index (χ2v) is 8.40. The van der Waals surface area contributed by atoms with Crippen LogP contribution in [0.1, 0.15) is 18.5 Å². The zero-order valence-corrected chi connectivity index (χ0v) is 17.0. The number of benzene rings is 2. The predicted octanol–water partition coefficient (Wildman–Crippen LogP) is 2.32. The van der Waals surface area contributed by atoms with Gasteiger partial charge in [0.1, 0.15) is 18.1 Å². The van der Waals surface area contributed by atoms with Crippen molar-refractivity contribution in [3.8, 4) is 5.75 Å². The molecule has 1 atom stereocenters. The summed E-state index contributed by atoms with van der Waals surface area (Å²) in [7, 11) is 0.352. The fraction of sp³-hybridized carbons (Fsp3) is 0.316. The highest BCUT2D eigenvalue weighted by Gasteiger charge is 2.27. The lowest BCUT2D eigenvalue weighted by Crippen LogP contribution is -2.46. The van der Waals surface area contributed by atoms with Gasteiger partial charge in [0.05, 0.1) is 18.8 Å². The monoisotopic (exact) mass is 409 g/mol. The van der Waals surface area contributed by atoms with Crippen LogP contribution in [0.3, 0.4) is 0 Å². The zero-order chi connectivity index (χ0) is 20.9. The average Bonchev–Trinajstić information content (AvgIpc) is 2.66. The molecule has 0 saturated heterocycles. The van der Waals surface area contributed by atoms with E-state index in [9.17, 15) is 17.6 Å². The van der Waals surface area contributed by atoms with Crippen molar-refractivity contribution < 1.29 is 22.3 Å². The number of anilines is 1. The number of carbonyl (C=O) groups is 1. The summed E-state index contributed by atoms with van der Waals surface area (Å²) >= 11 is 0. The molecule has 2 rings (SSSR count). The molecule has 0 bridgehead atoms. The summed E-state index contributed by atoms with van der Waals surface area (Å²) in [6, 6.07) is 11.8. The van der Waals surface area contributed by atoms with E-state index < -0.39 is 28.5 Å². The number of hydrogen-bond donors (Lipinski definition) is 1. The van der Waals surface area contributed by atoms with Crippen molar-refractivity contribution in [2.24, 2.45) is 0 Å². The molecule has 0 radical (unpaired) electrons. The molecule has 2 aromatic rings. The predicted molar refractivity (Wildman–Crippen MR) is 106 cm³/mol. The van der Waals surface area contributed by atoms with E-state index in [4.69, 9.17) is 4.74 Å². The molecule has 0 fully saturated rings. The minimum atomic E-state index is -3.94. The van der Waals surface area contributed by atoms with Crippen molar-refractivity contribution in [3.05, 3.63) is 59.9 Å². The highest BCUT2D eigenvalue weighted by Crippen LogP contribution is 2.21. The van der Waals surface area contributed by atoms with Crippen molar-refractivity contribution in [3.63, 3.8) is 0 Å². The largest absolute Gasteiger partial charge is 0.497 e. The van der Waals surface area contributed by atoms with Crippen LogP contribution in [0.5, 0.6) is 5.75 Å². The molecule has 28 heavy (non-hydrogen) atoms. The highest BCUT2D eigenvalue weighted by atomic mass is 32.2. The van der Waals surface area contributed by atoms with E-state index in [1.165, 1.54) is 26.2 Å². The van der Waals surface area contributed by atoms with Gasteiger partial charge in [0, 0.05) is 14.1 Å². The molecule has 1 unspecified atom stereocenters. The number of ether oxygens (including phenoxy) is 1. The molecule has 1 amide bonds. The van der Waals surface area contributed by atoms with Crippen LogP contribution in [0.2, 0.25) is 0 Å². The molecule has 0 aliphatic heterocycles. The quantitative estimate of drug-likeness (QED) is 0.726. The molecule has 0 aliphatic rings. The first kappa shape index (κ1) is 21.6. The van der Waals surface area contributed by atoms with Gasteiger partial charge in [-0.15, -0.1) is 0 Å². The van der Waals surface area contributed by atoms with Crippen LogP contribution in [-0.2, 0) is 15.0 Å². The number of hydrogen-bond acceptors (Lipinski definition) is 4. The zero-order valence-electron chi connectivity index (χ0n) is 16.2. The average molecular weight is 409 g/mol. The van der Waals surface area contributed by atoms with E-state index >= 15 is 0 Å². The number of carbonyl (C=O) groups excluding carboxylic acids is 1. The van der Waals surface area contributed by atoms with Gasteiger partial charge in [-0.3, -0.25) is 4.79 Å². The lowest BCUT2D eigenvalue weighted by Gasteiger charge is -2.27. The Balaban J connectivity index is 2.18. The van der Waals surface area contributed by atoms with E-state index in [1.807, 2.05) is 12.1 Å². The fourth-order valence-electron chi connectivity index (χ4n) is 2.50. The molecule has 152 valence electrons. The highest BCUT2D eigenvalue weighted by molar-refractivity contribution is 7.90. The lowest BCUT2D eigenvalue weighted by molar-refractivity contribution is -0.120. The van der Waals surface area contributed by atoms with Gasteiger partial charge in [-0.1, -0.05) is 12.1 Å². The molecular formula is C19H24FN3O4S. The van der Waals surface area contributed by atoms with Crippen LogP contribution >= 0.6 is 0 Å². The van der Waals surface area contributed by atoms with E-state index in [1.54, 1.807) is 26.2 Å². The standard InChI is InChI=1S/C19H24FN3O4S/c1-14(15-5-11-18(27-4)12-6-15)21-19(24)13-23(28(25,26)22(2)3)17-9-7-16(20)8-10-17/h5-12,14H,13H2,1-4H3,(H,21,24). The SMILES string of the molecule is COc1ccc(C(C)NC(=O)CN(c2ccc(F)cc2)S(=O)(=O)N(C)C)cc1. The Morgan fingerprint density at radius 3 is 2.18 bits per heavy atom. The maximum atomic E-state index is 13.2. The van der Waals surface area contributed by atoms with E-state index in [0.29, 0.717) is 5.75 Å². The van der Waals surface area contributed by atoms with Crippen LogP contribution in [0.15, 0.2) is 48.5 Å². The van der Waals surface area contributed by atoms with Gasteiger partial charge in [0.15, 0.2) is 0 Å². The molecule has 0 heterocycles. The number of amides is 1. The second-order valence-electron chi connectivity index (χ2n) is 6.34. The van der Waals surface area contributed by atoms with Gasteiger partial charge >= 0.3 is 10.2 Å². The fourth-order valence-corrected chi connectivity index (χ4v) is 3.57. The molecule has 0 aromatic heterocycles. The molecule has 0 spiro atoms. The van der Waals surface area contributed by atoms with Gasteiger partial charge in [0.25, 0.3) is 0 Å². The number of methoxy groups -OCH3 is 1. The van der Waals surface area contributed by atoms with E-state index in [0.717, 1.165) is 26.3 Å². The molecular weight excluding hydrogens is 385 g/mol. The number of halogens is 1. The molecule has 9 heteroatoms. The van der Waals surface area contributed by atoms with Crippen molar-refractivity contribution in [1.29, 1.82) is 0 Å². The summed E-state index contributed by atoms with van der Waals surface area (Å²) in [5.74, 6) is -0.288. The maximum Gasteiger partial charge on any atom is 0.304 e. The Morgan fingerprint density at radius 2 is 1.68 bits per heavy atom. The van der Waals surface area contributed by atoms with Crippen LogP contribution in [0, 0.1) is 5.82 Å². The maximum absolute atomic E-state index is 13.2.